The van der Waals surface area contributed by atoms with Crippen molar-refractivity contribution in [1.82, 2.24) is 15.0 Å². The second kappa shape index (κ2) is 10.4. The van der Waals surface area contributed by atoms with Gasteiger partial charge in [0.1, 0.15) is 28.6 Å². The molecule has 0 aliphatic rings. The third-order valence-electron chi connectivity index (χ3n) is 6.24. The molecule has 0 amide bonds. The highest BCUT2D eigenvalue weighted by Gasteiger charge is 2.24. The number of nitrogens with zero attached hydrogens (tertiary/aromatic N) is 3. The molecule has 0 spiro atoms. The van der Waals surface area contributed by atoms with Crippen LogP contribution < -0.4 is 0 Å². The van der Waals surface area contributed by atoms with Gasteiger partial charge in [-0.2, -0.15) is 0 Å². The molecule has 190 valence electrons. The molecule has 0 radical (unpaired) electrons. The molecule has 7 heteroatoms. The highest BCUT2D eigenvalue weighted by atomic mass is 16.5. The average Bonchev–Trinajstić information content (AvgIpc) is 3.31. The van der Waals surface area contributed by atoms with Gasteiger partial charge < -0.3 is 9.84 Å². The lowest BCUT2D eigenvalue weighted by atomic mass is 9.84. The van der Waals surface area contributed by atoms with Crippen molar-refractivity contribution in [3.8, 4) is 11.4 Å². The van der Waals surface area contributed by atoms with Gasteiger partial charge in [-0.15, -0.1) is 15.0 Å². The number of aromatic hydroxyl groups is 1. The van der Waals surface area contributed by atoms with Crippen LogP contribution in [0.25, 0.3) is 16.7 Å². The number of hydrogen-bond donors (Lipinski definition) is 1. The Labute approximate surface area is 216 Å². The zero-order valence-electron chi connectivity index (χ0n) is 21.6. The van der Waals surface area contributed by atoms with Gasteiger partial charge in [-0.3, -0.25) is 9.59 Å². The van der Waals surface area contributed by atoms with E-state index < -0.39 is 6.10 Å². The number of benzene rings is 3. The van der Waals surface area contributed by atoms with Gasteiger partial charge >= 0.3 is 5.97 Å². The van der Waals surface area contributed by atoms with Crippen LogP contribution in [0.15, 0.2) is 73.3 Å². The summed E-state index contributed by atoms with van der Waals surface area (Å²) in [4.78, 5) is 26.4. The van der Waals surface area contributed by atoms with Crippen LogP contribution in [0, 0.1) is 0 Å². The number of ether oxygens (including phenoxy) is 1. The number of ketones is 1. The third-order valence-corrected chi connectivity index (χ3v) is 6.24. The van der Waals surface area contributed by atoms with Crippen molar-refractivity contribution in [2.45, 2.75) is 52.1 Å². The highest BCUT2D eigenvalue weighted by Crippen LogP contribution is 2.36. The van der Waals surface area contributed by atoms with Gasteiger partial charge in [0.15, 0.2) is 5.78 Å². The topological polar surface area (TPSA) is 94.3 Å². The average molecular weight is 498 g/mol. The summed E-state index contributed by atoms with van der Waals surface area (Å²) in [6.45, 7) is 11.3. The molecule has 0 bridgehead atoms. The number of aromatic nitrogens is 3. The zero-order chi connectivity index (χ0) is 26.7. The maximum absolute atomic E-state index is 12.8. The Morgan fingerprint density at radius 3 is 2.30 bits per heavy atom. The predicted octanol–water partition coefficient (Wildman–Crippen LogP) is 6.03. The molecule has 0 saturated carbocycles. The fourth-order valence-electron chi connectivity index (χ4n) is 4.27. The monoisotopic (exact) mass is 497 g/mol. The van der Waals surface area contributed by atoms with Crippen molar-refractivity contribution in [3.05, 3.63) is 95.6 Å². The van der Waals surface area contributed by atoms with Crippen LogP contribution in [0.5, 0.6) is 5.75 Å². The van der Waals surface area contributed by atoms with Crippen LogP contribution in [0.3, 0.4) is 0 Å². The van der Waals surface area contributed by atoms with Gasteiger partial charge in [-0.05, 0) is 48.6 Å². The van der Waals surface area contributed by atoms with Crippen LogP contribution in [-0.2, 0) is 21.4 Å². The fraction of sp³-hybridized carbons (Fsp3) is 0.267. The Balaban J connectivity index is 1.57. The number of carbonyl (C=O) groups excluding carboxylic acids is 2. The second-order valence-electron chi connectivity index (χ2n) is 10.0. The molecule has 1 heterocycles. The Bertz CT molecular complexity index is 1450. The van der Waals surface area contributed by atoms with E-state index in [4.69, 9.17) is 4.74 Å². The maximum atomic E-state index is 12.8. The molecule has 0 aliphatic carbocycles. The molecule has 7 nitrogen and oxygen atoms in total. The first-order valence-electron chi connectivity index (χ1n) is 12.2. The van der Waals surface area contributed by atoms with E-state index in [1.54, 1.807) is 37.3 Å². The first-order valence-corrected chi connectivity index (χ1v) is 12.2. The highest BCUT2D eigenvalue weighted by molar-refractivity contribution is 6.05. The molecule has 1 N–H and O–H groups in total. The second-order valence-corrected chi connectivity index (χ2v) is 10.0. The van der Waals surface area contributed by atoms with Gasteiger partial charge in [0, 0.05) is 23.1 Å². The van der Waals surface area contributed by atoms with Crippen molar-refractivity contribution in [3.63, 3.8) is 0 Å². The summed E-state index contributed by atoms with van der Waals surface area (Å²) in [6, 6.07) is 18.3. The van der Waals surface area contributed by atoms with E-state index in [2.05, 4.69) is 16.8 Å². The molecule has 37 heavy (non-hydrogen) atoms. The van der Waals surface area contributed by atoms with Crippen LogP contribution in [-0.4, -0.2) is 31.9 Å². The van der Waals surface area contributed by atoms with E-state index in [0.29, 0.717) is 23.2 Å². The van der Waals surface area contributed by atoms with E-state index in [1.807, 2.05) is 51.1 Å². The van der Waals surface area contributed by atoms with Crippen molar-refractivity contribution in [1.29, 1.82) is 0 Å². The van der Waals surface area contributed by atoms with Crippen LogP contribution >= 0.6 is 0 Å². The number of rotatable bonds is 8. The van der Waals surface area contributed by atoms with Gasteiger partial charge in [0.25, 0.3) is 0 Å². The first kappa shape index (κ1) is 25.8. The quantitative estimate of drug-likeness (QED) is 0.181. The standard InChI is InChI=1S/C30H31N3O4/c1-6-27(34)22-12-8-7-11-21(22)19(2)37-28(35)16-15-20-17-23(30(3,4)5)29(36)26(18-20)33-31-24-13-9-10-14-25(24)32-33/h6-14,17-19,36H,1,15-16H2,2-5H3. The summed E-state index contributed by atoms with van der Waals surface area (Å²) in [5.41, 5.74) is 4.24. The van der Waals surface area contributed by atoms with Crippen molar-refractivity contribution >= 4 is 22.8 Å². The Kier molecular flexibility index (Phi) is 7.25. The lowest BCUT2D eigenvalue weighted by molar-refractivity contribution is -0.148. The first-order chi connectivity index (χ1) is 17.6. The minimum Gasteiger partial charge on any atom is -0.505 e. The molecule has 0 saturated heterocycles. The number of fused-ring (bicyclic) bond motifs is 1. The summed E-state index contributed by atoms with van der Waals surface area (Å²) in [6.07, 6.45) is 1.19. The molecule has 4 aromatic rings. The number of phenols is 1. The molecule has 1 aromatic heterocycles. The SMILES string of the molecule is C=CC(=O)c1ccccc1C(C)OC(=O)CCc1cc(-n2nc3ccccc3n2)c(O)c(C(C)(C)C)c1. The van der Waals surface area contributed by atoms with Gasteiger partial charge in [-0.25, -0.2) is 0 Å². The molecule has 1 unspecified atom stereocenters. The maximum Gasteiger partial charge on any atom is 0.306 e. The van der Waals surface area contributed by atoms with Gasteiger partial charge in [-0.1, -0.05) is 69.8 Å². The van der Waals surface area contributed by atoms with E-state index >= 15 is 0 Å². The fourth-order valence-corrected chi connectivity index (χ4v) is 4.27. The van der Waals surface area contributed by atoms with E-state index in [0.717, 1.165) is 22.2 Å². The number of esters is 1. The predicted molar refractivity (Wildman–Crippen MR) is 143 cm³/mol. The molecule has 0 fully saturated rings. The normalized spacial score (nSPS) is 12.3. The summed E-state index contributed by atoms with van der Waals surface area (Å²) >= 11 is 0. The van der Waals surface area contributed by atoms with E-state index in [9.17, 15) is 14.7 Å². The number of aryl methyl sites for hydroxylation is 1. The molecule has 4 rings (SSSR count). The smallest absolute Gasteiger partial charge is 0.306 e. The van der Waals surface area contributed by atoms with E-state index in [-0.39, 0.29) is 29.3 Å². The lowest BCUT2D eigenvalue weighted by Gasteiger charge is -2.23. The zero-order valence-corrected chi connectivity index (χ0v) is 21.6. The molecular weight excluding hydrogens is 466 g/mol. The van der Waals surface area contributed by atoms with Gasteiger partial charge in [0.2, 0.25) is 0 Å². The minimum atomic E-state index is -0.589. The Morgan fingerprint density at radius 1 is 1.05 bits per heavy atom. The summed E-state index contributed by atoms with van der Waals surface area (Å²) in [5.74, 6) is -0.496. The number of allylic oxidation sites excluding steroid dienone is 1. The number of carbonyl (C=O) groups is 2. The molecule has 0 aliphatic heterocycles. The van der Waals surface area contributed by atoms with Crippen LogP contribution in [0.2, 0.25) is 0 Å². The van der Waals surface area contributed by atoms with Crippen molar-refractivity contribution in [2.24, 2.45) is 0 Å². The van der Waals surface area contributed by atoms with E-state index in [1.165, 1.54) is 10.9 Å². The van der Waals surface area contributed by atoms with Crippen LogP contribution in [0.1, 0.15) is 67.3 Å². The Morgan fingerprint density at radius 2 is 1.68 bits per heavy atom. The summed E-state index contributed by atoms with van der Waals surface area (Å²) in [7, 11) is 0. The molecule has 1 atom stereocenters. The lowest BCUT2D eigenvalue weighted by Crippen LogP contribution is -2.15. The van der Waals surface area contributed by atoms with Crippen molar-refractivity contribution in [2.75, 3.05) is 0 Å². The summed E-state index contributed by atoms with van der Waals surface area (Å²) < 4.78 is 5.66. The third kappa shape index (κ3) is 5.61. The molecule has 3 aromatic carbocycles. The van der Waals surface area contributed by atoms with Crippen LogP contribution in [0.4, 0.5) is 0 Å². The van der Waals surface area contributed by atoms with Crippen molar-refractivity contribution < 1.29 is 19.4 Å². The molecular formula is C30H31N3O4. The largest absolute Gasteiger partial charge is 0.505 e. The minimum absolute atomic E-state index is 0.108. The number of hydrogen-bond acceptors (Lipinski definition) is 6. The van der Waals surface area contributed by atoms with Gasteiger partial charge in [0.05, 0.1) is 0 Å². The Hall–Kier alpha value is -4.26. The summed E-state index contributed by atoms with van der Waals surface area (Å²) in [5, 5.41) is 20.2. The number of phenolic OH excluding ortho intramolecular Hbond substituents is 1.